The van der Waals surface area contributed by atoms with E-state index in [1.807, 2.05) is 0 Å². The van der Waals surface area contributed by atoms with Crippen LogP contribution in [0.4, 0.5) is 5.82 Å². The highest BCUT2D eigenvalue weighted by molar-refractivity contribution is 5.87. The molecule has 0 N–H and O–H groups in total. The molecular formula is C33H45N6O3. The molecule has 1 radical (unpaired) electrons. The van der Waals surface area contributed by atoms with Crippen LogP contribution >= 0.6 is 0 Å². The average molecular weight is 574 g/mol. The summed E-state index contributed by atoms with van der Waals surface area (Å²) in [5.41, 5.74) is 3.51. The van der Waals surface area contributed by atoms with E-state index in [1.165, 1.54) is 24.0 Å². The Morgan fingerprint density at radius 1 is 1.24 bits per heavy atom. The highest BCUT2D eigenvalue weighted by Gasteiger charge is 2.34. The second-order valence-corrected chi connectivity index (χ2v) is 12.1. The number of rotatable bonds is 10. The topological polar surface area (TPSA) is 94.8 Å². The quantitative estimate of drug-likeness (QED) is 0.385. The largest absolute Gasteiger partial charge is 0.462 e. The maximum absolute atomic E-state index is 12.5. The first-order chi connectivity index (χ1) is 20.4. The Balaban J connectivity index is 1.35. The van der Waals surface area contributed by atoms with Crippen molar-refractivity contribution in [1.29, 1.82) is 5.26 Å². The molecule has 225 valence electrons. The average Bonchev–Trinajstić information content (AvgIpc) is 3.42. The number of fused-ring (bicyclic) bond motifs is 1. The molecule has 3 unspecified atom stereocenters. The second kappa shape index (κ2) is 13.8. The van der Waals surface area contributed by atoms with Gasteiger partial charge in [-0.3, -0.25) is 4.79 Å². The molecule has 2 aliphatic carbocycles. The third-order valence-electron chi connectivity index (χ3n) is 9.54. The van der Waals surface area contributed by atoms with Crippen LogP contribution in [0.1, 0.15) is 56.2 Å². The van der Waals surface area contributed by atoms with Crippen LogP contribution < -0.4 is 9.64 Å². The van der Waals surface area contributed by atoms with Crippen LogP contribution in [0.3, 0.4) is 0 Å². The normalized spacial score (nSPS) is 26.5. The van der Waals surface area contributed by atoms with Crippen molar-refractivity contribution < 1.29 is 14.3 Å². The second-order valence-electron chi connectivity index (χ2n) is 12.1. The molecular weight excluding hydrogens is 528 g/mol. The highest BCUT2D eigenvalue weighted by Crippen LogP contribution is 2.42. The lowest BCUT2D eigenvalue weighted by atomic mass is 9.72. The van der Waals surface area contributed by atoms with E-state index in [4.69, 9.17) is 19.4 Å². The van der Waals surface area contributed by atoms with Gasteiger partial charge in [-0.2, -0.15) is 10.2 Å². The number of anilines is 1. The number of likely N-dealkylation sites (tertiary alicyclic amines) is 1. The first-order valence-corrected chi connectivity index (χ1v) is 15.4. The lowest BCUT2D eigenvalue weighted by molar-refractivity contribution is -0.128. The van der Waals surface area contributed by atoms with Gasteiger partial charge in [0.2, 0.25) is 5.91 Å². The van der Waals surface area contributed by atoms with E-state index in [-0.39, 0.29) is 24.5 Å². The Kier molecular flexibility index (Phi) is 9.96. The number of hydrogen-bond donors (Lipinski definition) is 0. The number of nitriles is 1. The third kappa shape index (κ3) is 6.71. The van der Waals surface area contributed by atoms with E-state index >= 15 is 0 Å². The zero-order valence-corrected chi connectivity index (χ0v) is 25.4. The van der Waals surface area contributed by atoms with E-state index in [0.717, 1.165) is 62.1 Å². The summed E-state index contributed by atoms with van der Waals surface area (Å²) in [6, 6.07) is 2.84. The van der Waals surface area contributed by atoms with E-state index < -0.39 is 0 Å². The zero-order valence-electron chi connectivity index (χ0n) is 25.4. The van der Waals surface area contributed by atoms with E-state index in [1.54, 1.807) is 12.0 Å². The van der Waals surface area contributed by atoms with Crippen LogP contribution in [0.25, 0.3) is 0 Å². The van der Waals surface area contributed by atoms with Gasteiger partial charge < -0.3 is 24.2 Å². The third-order valence-corrected chi connectivity index (χ3v) is 9.54. The number of nitrogens with zero attached hydrogens (tertiary/aromatic N) is 6. The van der Waals surface area contributed by atoms with Crippen molar-refractivity contribution in [2.24, 2.45) is 5.92 Å². The molecule has 1 aromatic rings. The summed E-state index contributed by atoms with van der Waals surface area (Å²) in [7, 11) is 3.93. The number of carbonyl (C=O) groups excluding carboxylic acids is 1. The molecule has 4 atom stereocenters. The molecule has 1 saturated carbocycles. The summed E-state index contributed by atoms with van der Waals surface area (Å²) in [5.74, 6) is 2.77. The predicted molar refractivity (Wildman–Crippen MR) is 163 cm³/mol. The molecule has 4 aliphatic rings. The minimum atomic E-state index is -0.221. The number of methoxy groups -OCH3 is 1. The number of aryl methyl sites for hydroxylation is 1. The Labute approximate surface area is 250 Å². The molecule has 0 spiro atoms. The summed E-state index contributed by atoms with van der Waals surface area (Å²) in [6.07, 6.45) is 15.7. The molecule has 2 aliphatic heterocycles. The Hall–Kier alpha value is -3.22. The van der Waals surface area contributed by atoms with Crippen molar-refractivity contribution in [3.05, 3.63) is 53.6 Å². The van der Waals surface area contributed by atoms with E-state index in [2.05, 4.69) is 54.6 Å². The fraction of sp³-hybridized carbons (Fsp3) is 0.606. The smallest absolute Gasteiger partial charge is 0.318 e. The Morgan fingerprint density at radius 2 is 2.10 bits per heavy atom. The highest BCUT2D eigenvalue weighted by atomic mass is 16.5. The van der Waals surface area contributed by atoms with Crippen molar-refractivity contribution in [2.45, 2.75) is 76.5 Å². The van der Waals surface area contributed by atoms with Crippen LogP contribution in [0, 0.1) is 30.1 Å². The molecule has 0 bridgehead atoms. The van der Waals surface area contributed by atoms with Gasteiger partial charge in [-0.1, -0.05) is 30.4 Å². The van der Waals surface area contributed by atoms with Crippen LogP contribution in [0.5, 0.6) is 6.01 Å². The van der Waals surface area contributed by atoms with E-state index in [9.17, 15) is 10.1 Å². The van der Waals surface area contributed by atoms with E-state index in [0.29, 0.717) is 44.2 Å². The van der Waals surface area contributed by atoms with Gasteiger partial charge in [0.1, 0.15) is 12.4 Å². The predicted octanol–water partition coefficient (Wildman–Crippen LogP) is 4.19. The molecule has 5 rings (SSSR count). The molecule has 3 heterocycles. The standard InChI is InChI=1S/C33H45N6O3/c1-5-31(40)39-19-18-38(21-26(39)15-16-34)32-28(23(2)35-33(36-32)42-22-27-9-7-17-37(27)3)13-11-24-12-14-29-25(20-24)8-6-10-30(29)41-4/h5-6,8,10,24,26-27,30H,1,7,9,11-15,17-22H2,2-4H3/t24-,26?,27?,30?/m0/s1. The van der Waals surface area contributed by atoms with Crippen molar-refractivity contribution in [3.8, 4) is 12.1 Å². The molecule has 9 nitrogen and oxygen atoms in total. The number of amides is 1. The van der Waals surface area contributed by atoms with Gasteiger partial charge in [0.15, 0.2) is 0 Å². The van der Waals surface area contributed by atoms with Gasteiger partial charge in [-0.25, -0.2) is 4.98 Å². The lowest BCUT2D eigenvalue weighted by Gasteiger charge is -2.41. The number of carbonyl (C=O) groups is 1. The zero-order chi connectivity index (χ0) is 29.6. The SMILES string of the molecule is C=CC(=O)N1CCN(c2nc(OCC3CCCN3C)nc(C)c2CC[C@H]2CC[C]3C(=CC=CC3OC)C2)CC1CC#N. The van der Waals surface area contributed by atoms with Gasteiger partial charge in [-0.05, 0) is 77.5 Å². The summed E-state index contributed by atoms with van der Waals surface area (Å²) in [5, 5.41) is 9.53. The monoisotopic (exact) mass is 573 g/mol. The number of piperazine rings is 1. The first kappa shape index (κ1) is 30.2. The molecule has 1 amide bonds. The number of allylic oxidation sites excluding steroid dienone is 2. The van der Waals surface area contributed by atoms with Gasteiger partial charge >= 0.3 is 6.01 Å². The maximum atomic E-state index is 12.5. The van der Waals surface area contributed by atoms with Crippen LogP contribution in [0.2, 0.25) is 0 Å². The summed E-state index contributed by atoms with van der Waals surface area (Å²) in [4.78, 5) is 28.7. The van der Waals surface area contributed by atoms with Gasteiger partial charge in [0.25, 0.3) is 0 Å². The number of hydrogen-bond acceptors (Lipinski definition) is 8. The van der Waals surface area contributed by atoms with Crippen LogP contribution in [0.15, 0.2) is 36.5 Å². The van der Waals surface area contributed by atoms with Crippen molar-refractivity contribution >= 4 is 11.7 Å². The molecule has 3 fully saturated rings. The summed E-state index contributed by atoms with van der Waals surface area (Å²) < 4.78 is 11.9. The molecule has 2 saturated heterocycles. The number of ether oxygens (including phenoxy) is 2. The molecule has 1 aromatic heterocycles. The van der Waals surface area contributed by atoms with Crippen LogP contribution in [-0.4, -0.2) is 90.8 Å². The van der Waals surface area contributed by atoms with Crippen molar-refractivity contribution in [3.63, 3.8) is 0 Å². The maximum Gasteiger partial charge on any atom is 0.318 e. The number of likely N-dealkylation sites (N-methyl/N-ethyl adjacent to an activating group) is 1. The molecule has 0 aromatic carbocycles. The van der Waals surface area contributed by atoms with Gasteiger partial charge in [-0.15, -0.1) is 0 Å². The molecule has 9 heteroatoms. The fourth-order valence-corrected chi connectivity index (χ4v) is 7.04. The van der Waals surface area contributed by atoms with Gasteiger partial charge in [0.05, 0.1) is 24.6 Å². The fourth-order valence-electron chi connectivity index (χ4n) is 7.04. The lowest BCUT2D eigenvalue weighted by Crippen LogP contribution is -2.55. The minimum absolute atomic E-state index is 0.109. The Bertz CT molecular complexity index is 1240. The first-order valence-electron chi connectivity index (χ1n) is 15.4. The van der Waals surface area contributed by atoms with Gasteiger partial charge in [0, 0.05) is 50.0 Å². The summed E-state index contributed by atoms with van der Waals surface area (Å²) in [6.45, 7) is 9.08. The molecule has 42 heavy (non-hydrogen) atoms. The Morgan fingerprint density at radius 3 is 2.83 bits per heavy atom. The van der Waals surface area contributed by atoms with Crippen molar-refractivity contribution in [1.82, 2.24) is 19.8 Å². The number of aromatic nitrogens is 2. The summed E-state index contributed by atoms with van der Waals surface area (Å²) >= 11 is 0. The van der Waals surface area contributed by atoms with Crippen LogP contribution in [-0.2, 0) is 16.0 Å². The minimum Gasteiger partial charge on any atom is -0.462 e. The van der Waals surface area contributed by atoms with Crippen molar-refractivity contribution in [2.75, 3.05) is 51.8 Å².